The zero-order chi connectivity index (χ0) is 36.5. The van der Waals surface area contributed by atoms with Crippen LogP contribution in [0.2, 0.25) is 0 Å². The van der Waals surface area contributed by atoms with Crippen LogP contribution in [0.5, 0.6) is 0 Å². The number of nitrogens with zero attached hydrogens (tertiary/aromatic N) is 3. The zero-order valence-corrected chi connectivity index (χ0v) is 29.6. The lowest BCUT2D eigenvalue weighted by Crippen LogP contribution is -2.50. The number of alkyl carbamates (subject to hydrolysis) is 1. The SMILES string of the molecule is COC(=O)NC1CC2NNC(c3ncc(-c4ccc(-c5ccc(-c6cnc(C7CCCN7C(=O)C(C(=O)OC)C(C)C)[nH]6)cc5)cc4)[nH]3)C2CC1=O. The number of rotatable bonds is 9. The van der Waals surface area contributed by atoms with Crippen molar-refractivity contribution in [3.8, 4) is 33.6 Å². The largest absolute Gasteiger partial charge is 0.468 e. The summed E-state index contributed by atoms with van der Waals surface area (Å²) in [6.45, 7) is 4.29. The van der Waals surface area contributed by atoms with Gasteiger partial charge in [0.05, 0.1) is 56.1 Å². The number of likely N-dealkylation sites (tertiary alicyclic amines) is 1. The lowest BCUT2D eigenvalue weighted by molar-refractivity contribution is -0.156. The van der Waals surface area contributed by atoms with Gasteiger partial charge in [0.25, 0.3) is 0 Å². The highest BCUT2D eigenvalue weighted by molar-refractivity contribution is 5.98. The van der Waals surface area contributed by atoms with Crippen molar-refractivity contribution in [1.82, 2.24) is 41.0 Å². The highest BCUT2D eigenvalue weighted by atomic mass is 16.5. The molecule has 2 aromatic heterocycles. The van der Waals surface area contributed by atoms with E-state index in [1.165, 1.54) is 14.2 Å². The van der Waals surface area contributed by atoms with E-state index >= 15 is 0 Å². The van der Waals surface area contributed by atoms with E-state index in [0.717, 1.165) is 52.3 Å². The number of ketones is 1. The molecule has 3 aliphatic rings. The van der Waals surface area contributed by atoms with Crippen LogP contribution >= 0.6 is 0 Å². The van der Waals surface area contributed by atoms with E-state index in [9.17, 15) is 19.2 Å². The van der Waals surface area contributed by atoms with Crippen LogP contribution in [0.15, 0.2) is 60.9 Å². The van der Waals surface area contributed by atoms with Crippen molar-refractivity contribution >= 4 is 23.8 Å². The van der Waals surface area contributed by atoms with Crippen molar-refractivity contribution in [2.75, 3.05) is 20.8 Å². The summed E-state index contributed by atoms with van der Waals surface area (Å²) in [4.78, 5) is 68.2. The van der Waals surface area contributed by atoms with E-state index < -0.39 is 24.0 Å². The maximum atomic E-state index is 13.4. The van der Waals surface area contributed by atoms with Gasteiger partial charge in [0.1, 0.15) is 17.6 Å². The Hall–Kier alpha value is -5.34. The molecule has 6 atom stereocenters. The van der Waals surface area contributed by atoms with Gasteiger partial charge in [-0.2, -0.15) is 0 Å². The normalized spacial score (nSPS) is 23.4. The van der Waals surface area contributed by atoms with Crippen LogP contribution in [0, 0.1) is 17.8 Å². The van der Waals surface area contributed by atoms with Crippen molar-refractivity contribution < 1.29 is 28.7 Å². The summed E-state index contributed by atoms with van der Waals surface area (Å²) in [6, 6.07) is 15.5. The summed E-state index contributed by atoms with van der Waals surface area (Å²) in [7, 11) is 2.60. The van der Waals surface area contributed by atoms with E-state index in [-0.39, 0.29) is 41.7 Å². The first-order valence-electron chi connectivity index (χ1n) is 17.7. The minimum absolute atomic E-state index is 0.00185. The summed E-state index contributed by atoms with van der Waals surface area (Å²) in [6.07, 6.45) is 5.39. The number of hydrogen-bond acceptors (Lipinski definition) is 10. The molecule has 272 valence electrons. The Morgan fingerprint density at radius 3 is 2.04 bits per heavy atom. The molecular formula is C38H44N8O6. The third-order valence-corrected chi connectivity index (χ3v) is 10.6. The van der Waals surface area contributed by atoms with Gasteiger partial charge in [-0.15, -0.1) is 0 Å². The Labute approximate surface area is 301 Å². The van der Waals surface area contributed by atoms with Crippen LogP contribution in [0.3, 0.4) is 0 Å². The fourth-order valence-corrected chi connectivity index (χ4v) is 7.77. The number of hydrogen-bond donors (Lipinski definition) is 5. The Bertz CT molecular complexity index is 1940. The van der Waals surface area contributed by atoms with Crippen LogP contribution < -0.4 is 16.2 Å². The summed E-state index contributed by atoms with van der Waals surface area (Å²) < 4.78 is 9.60. The molecule has 0 spiro atoms. The molecule has 2 aliphatic heterocycles. The number of hydrazine groups is 1. The molecule has 52 heavy (non-hydrogen) atoms. The van der Waals surface area contributed by atoms with Gasteiger partial charge in [-0.3, -0.25) is 19.8 Å². The number of carbonyl (C=O) groups is 4. The van der Waals surface area contributed by atoms with Crippen molar-refractivity contribution in [2.24, 2.45) is 17.8 Å². The molecule has 0 radical (unpaired) electrons. The predicted molar refractivity (Wildman–Crippen MR) is 191 cm³/mol. The van der Waals surface area contributed by atoms with E-state index in [1.807, 2.05) is 32.2 Å². The number of esters is 1. The minimum atomic E-state index is -0.836. The molecule has 1 saturated carbocycles. The van der Waals surface area contributed by atoms with E-state index in [2.05, 4.69) is 77.2 Å². The molecule has 2 saturated heterocycles. The number of methoxy groups -OCH3 is 2. The number of imidazole rings is 2. The molecule has 2 aromatic carbocycles. The molecule has 14 nitrogen and oxygen atoms in total. The maximum Gasteiger partial charge on any atom is 0.407 e. The highest BCUT2D eigenvalue weighted by Gasteiger charge is 2.46. The molecule has 4 aromatic rings. The van der Waals surface area contributed by atoms with Crippen LogP contribution in [-0.2, 0) is 23.9 Å². The molecule has 4 heterocycles. The number of fused-ring (bicyclic) bond motifs is 1. The molecule has 5 N–H and O–H groups in total. The molecule has 0 bridgehead atoms. The standard InChI is InChI=1S/C38H44N8O6/c1-20(2)32(37(49)51-3)36(48)46-15-5-6-30(46)34-39-18-28(41-34)23-11-7-21(8-12-23)22-9-13-24(14-10-22)29-19-40-35(42-29)33-25-16-31(47)27(43-38(50)52-4)17-26(25)44-45-33/h7-14,18-20,25-27,30,32-33,44-45H,5-6,15-17H2,1-4H3,(H,39,41)(H,40,42)(H,43,50). The van der Waals surface area contributed by atoms with Gasteiger partial charge in [-0.1, -0.05) is 62.4 Å². The number of ether oxygens (including phenoxy) is 2. The molecule has 2 amide bonds. The smallest absolute Gasteiger partial charge is 0.407 e. The molecule has 14 heteroatoms. The Balaban J connectivity index is 0.990. The Morgan fingerprint density at radius 2 is 1.44 bits per heavy atom. The van der Waals surface area contributed by atoms with E-state index in [1.54, 1.807) is 11.1 Å². The second-order valence-electron chi connectivity index (χ2n) is 14.1. The third kappa shape index (κ3) is 6.83. The Kier molecular flexibility index (Phi) is 9.93. The van der Waals surface area contributed by atoms with Crippen LogP contribution in [0.25, 0.3) is 33.6 Å². The van der Waals surface area contributed by atoms with Gasteiger partial charge in [0.2, 0.25) is 5.91 Å². The van der Waals surface area contributed by atoms with Crippen molar-refractivity contribution in [3.63, 3.8) is 0 Å². The van der Waals surface area contributed by atoms with Gasteiger partial charge in [-0.25, -0.2) is 20.2 Å². The highest BCUT2D eigenvalue weighted by Crippen LogP contribution is 2.37. The molecule has 3 fully saturated rings. The second kappa shape index (κ2) is 14.7. The van der Waals surface area contributed by atoms with Gasteiger partial charge in [0, 0.05) is 24.9 Å². The third-order valence-electron chi connectivity index (χ3n) is 10.6. The number of amides is 2. The number of aromatic nitrogens is 4. The first-order valence-corrected chi connectivity index (χ1v) is 17.7. The Morgan fingerprint density at radius 1 is 0.846 bits per heavy atom. The minimum Gasteiger partial charge on any atom is -0.468 e. The van der Waals surface area contributed by atoms with Gasteiger partial charge >= 0.3 is 12.1 Å². The van der Waals surface area contributed by atoms with Gasteiger partial charge in [-0.05, 0) is 47.4 Å². The van der Waals surface area contributed by atoms with Crippen molar-refractivity contribution in [3.05, 3.63) is 72.6 Å². The first-order chi connectivity index (χ1) is 25.1. The number of Topliss-reactive ketones (excluding diaryl/α,β-unsaturated/α-hetero) is 1. The fourth-order valence-electron chi connectivity index (χ4n) is 7.77. The monoisotopic (exact) mass is 708 g/mol. The van der Waals surface area contributed by atoms with E-state index in [0.29, 0.717) is 25.2 Å². The molecular weight excluding hydrogens is 664 g/mol. The average molecular weight is 709 g/mol. The van der Waals surface area contributed by atoms with Crippen LogP contribution in [-0.4, -0.2) is 81.4 Å². The summed E-state index contributed by atoms with van der Waals surface area (Å²) in [5, 5.41) is 2.63. The van der Waals surface area contributed by atoms with Gasteiger partial charge < -0.3 is 29.7 Å². The molecule has 6 unspecified atom stereocenters. The van der Waals surface area contributed by atoms with Gasteiger partial charge in [0.15, 0.2) is 5.78 Å². The van der Waals surface area contributed by atoms with Crippen molar-refractivity contribution in [2.45, 2.75) is 63.7 Å². The molecule has 7 rings (SSSR count). The number of nitrogens with one attached hydrogen (secondary N) is 5. The topological polar surface area (TPSA) is 183 Å². The number of benzene rings is 2. The summed E-state index contributed by atoms with van der Waals surface area (Å²) >= 11 is 0. The summed E-state index contributed by atoms with van der Waals surface area (Å²) in [5.41, 5.74) is 12.4. The lowest BCUT2D eigenvalue weighted by Gasteiger charge is -2.31. The summed E-state index contributed by atoms with van der Waals surface area (Å²) in [5.74, 6) is -0.291. The second-order valence-corrected chi connectivity index (χ2v) is 14.1. The first kappa shape index (κ1) is 35.1. The number of aromatic amines is 2. The van der Waals surface area contributed by atoms with E-state index in [4.69, 9.17) is 4.74 Å². The lowest BCUT2D eigenvalue weighted by atomic mass is 9.78. The average Bonchev–Trinajstić information content (AvgIpc) is 3.98. The van der Waals surface area contributed by atoms with Crippen LogP contribution in [0.4, 0.5) is 4.79 Å². The maximum absolute atomic E-state index is 13.4. The fraction of sp³-hybridized carbons (Fsp3) is 0.421. The quantitative estimate of drug-likeness (QED) is 0.123. The molecule has 1 aliphatic carbocycles. The number of carbonyl (C=O) groups excluding carboxylic acids is 4. The zero-order valence-electron chi connectivity index (χ0n) is 29.6. The predicted octanol–water partition coefficient (Wildman–Crippen LogP) is 4.46. The van der Waals surface area contributed by atoms with Crippen molar-refractivity contribution in [1.29, 1.82) is 0 Å². The van der Waals surface area contributed by atoms with Crippen LogP contribution in [0.1, 0.15) is 63.3 Å². The number of H-pyrrole nitrogens is 2.